The minimum absolute atomic E-state index is 0.159. The third-order valence-electron chi connectivity index (χ3n) is 4.79. The highest BCUT2D eigenvalue weighted by molar-refractivity contribution is 5.75. The molecular weight excluding hydrogens is 270 g/mol. The molecule has 1 amide bonds. The molecule has 1 aliphatic carbocycles. The molecule has 120 valence electrons. The molecule has 1 N–H and O–H groups in total. The Morgan fingerprint density at radius 1 is 1.29 bits per heavy atom. The molecule has 2 rings (SSSR count). The summed E-state index contributed by atoms with van der Waals surface area (Å²) < 4.78 is 5.42. The lowest BCUT2D eigenvalue weighted by molar-refractivity contribution is -0.139. The van der Waals surface area contributed by atoms with Crippen molar-refractivity contribution in [3.63, 3.8) is 0 Å². The second-order valence-electron chi connectivity index (χ2n) is 7.99. The summed E-state index contributed by atoms with van der Waals surface area (Å²) in [6.07, 6.45) is 1.64. The van der Waals surface area contributed by atoms with Crippen LogP contribution in [-0.2, 0) is 9.53 Å². The molecule has 0 spiro atoms. The highest BCUT2D eigenvalue weighted by Gasteiger charge is 2.64. The van der Waals surface area contributed by atoms with Crippen LogP contribution < -0.4 is 0 Å². The highest BCUT2D eigenvalue weighted by atomic mass is 16.6. The fourth-order valence-corrected chi connectivity index (χ4v) is 3.82. The molecule has 0 radical (unpaired) electrons. The molecule has 2 aliphatic rings. The molecule has 1 aliphatic heterocycles. The Morgan fingerprint density at radius 2 is 1.90 bits per heavy atom. The minimum atomic E-state index is -0.709. The SMILES string of the molecule is CC(C)(C)OC(=O)N1CCCC([C@H]2[C@H](C(=O)O)C2(C)C)C1. The molecule has 5 nitrogen and oxygen atoms in total. The fourth-order valence-electron chi connectivity index (χ4n) is 3.82. The van der Waals surface area contributed by atoms with Crippen molar-refractivity contribution < 1.29 is 19.4 Å². The largest absolute Gasteiger partial charge is 0.481 e. The van der Waals surface area contributed by atoms with E-state index in [0.717, 1.165) is 12.8 Å². The molecule has 21 heavy (non-hydrogen) atoms. The summed E-state index contributed by atoms with van der Waals surface area (Å²) in [5.74, 6) is -0.553. The fraction of sp³-hybridized carbons (Fsp3) is 0.875. The van der Waals surface area contributed by atoms with E-state index in [4.69, 9.17) is 4.74 Å². The van der Waals surface area contributed by atoms with Crippen molar-refractivity contribution in [3.05, 3.63) is 0 Å². The van der Waals surface area contributed by atoms with Crippen LogP contribution in [0.4, 0.5) is 4.79 Å². The van der Waals surface area contributed by atoms with Crippen molar-refractivity contribution in [2.45, 2.75) is 53.1 Å². The van der Waals surface area contributed by atoms with E-state index in [0.29, 0.717) is 13.1 Å². The van der Waals surface area contributed by atoms with Gasteiger partial charge in [0.15, 0.2) is 0 Å². The van der Waals surface area contributed by atoms with Gasteiger partial charge < -0.3 is 14.7 Å². The number of ether oxygens (including phenoxy) is 1. The van der Waals surface area contributed by atoms with Gasteiger partial charge in [0, 0.05) is 13.1 Å². The van der Waals surface area contributed by atoms with Gasteiger partial charge in [-0.1, -0.05) is 13.8 Å². The van der Waals surface area contributed by atoms with E-state index in [2.05, 4.69) is 0 Å². The number of aliphatic carboxylic acids is 1. The van der Waals surface area contributed by atoms with Gasteiger partial charge in [-0.15, -0.1) is 0 Å². The van der Waals surface area contributed by atoms with Crippen LogP contribution in [-0.4, -0.2) is 40.8 Å². The van der Waals surface area contributed by atoms with Crippen molar-refractivity contribution in [3.8, 4) is 0 Å². The second kappa shape index (κ2) is 5.18. The molecule has 1 unspecified atom stereocenters. The summed E-state index contributed by atoms with van der Waals surface area (Å²) in [4.78, 5) is 25.2. The van der Waals surface area contributed by atoms with Gasteiger partial charge in [0.1, 0.15) is 5.60 Å². The molecule has 0 aromatic rings. The van der Waals surface area contributed by atoms with Gasteiger partial charge in [0.05, 0.1) is 5.92 Å². The smallest absolute Gasteiger partial charge is 0.410 e. The van der Waals surface area contributed by atoms with Crippen LogP contribution in [0.2, 0.25) is 0 Å². The summed E-state index contributed by atoms with van der Waals surface area (Å²) in [5.41, 5.74) is -0.653. The van der Waals surface area contributed by atoms with Crippen LogP contribution in [0.1, 0.15) is 47.5 Å². The first-order valence-electron chi connectivity index (χ1n) is 7.75. The van der Waals surface area contributed by atoms with E-state index in [1.54, 1.807) is 4.90 Å². The summed E-state index contributed by atoms with van der Waals surface area (Å²) >= 11 is 0. The standard InChI is InChI=1S/C16H27NO4/c1-15(2,3)21-14(20)17-8-6-7-10(9-17)11-12(13(18)19)16(11,4)5/h10-12H,6-9H2,1-5H3,(H,18,19)/t10?,11-,12+/m0/s1. The number of carbonyl (C=O) groups excluding carboxylic acids is 1. The van der Waals surface area contributed by atoms with Gasteiger partial charge in [-0.2, -0.15) is 0 Å². The van der Waals surface area contributed by atoms with Crippen molar-refractivity contribution in [2.75, 3.05) is 13.1 Å². The lowest BCUT2D eigenvalue weighted by atomic mass is 9.89. The first kappa shape index (κ1) is 16.1. The predicted octanol–water partition coefficient (Wildman–Crippen LogP) is 2.99. The Bertz CT molecular complexity index is 438. The Hall–Kier alpha value is -1.26. The van der Waals surface area contributed by atoms with Gasteiger partial charge in [0.2, 0.25) is 0 Å². The van der Waals surface area contributed by atoms with Gasteiger partial charge in [-0.25, -0.2) is 4.79 Å². The predicted molar refractivity (Wildman–Crippen MR) is 78.9 cm³/mol. The average molecular weight is 297 g/mol. The van der Waals surface area contributed by atoms with Crippen LogP contribution in [0.15, 0.2) is 0 Å². The van der Waals surface area contributed by atoms with Crippen molar-refractivity contribution in [1.29, 1.82) is 0 Å². The van der Waals surface area contributed by atoms with Gasteiger partial charge in [0.25, 0.3) is 0 Å². The number of nitrogens with zero attached hydrogens (tertiary/aromatic N) is 1. The topological polar surface area (TPSA) is 66.8 Å². The van der Waals surface area contributed by atoms with Crippen LogP contribution in [0, 0.1) is 23.2 Å². The number of piperidine rings is 1. The number of carbonyl (C=O) groups is 2. The summed E-state index contributed by atoms with van der Waals surface area (Å²) in [5, 5.41) is 9.31. The lowest BCUT2D eigenvalue weighted by Crippen LogP contribution is -2.43. The van der Waals surface area contributed by atoms with Gasteiger partial charge in [-0.05, 0) is 50.9 Å². The van der Waals surface area contributed by atoms with E-state index in [1.807, 2.05) is 34.6 Å². The Labute approximate surface area is 126 Å². The number of hydrogen-bond donors (Lipinski definition) is 1. The maximum Gasteiger partial charge on any atom is 0.410 e. The molecule has 5 heteroatoms. The highest BCUT2D eigenvalue weighted by Crippen LogP contribution is 2.63. The number of likely N-dealkylation sites (tertiary alicyclic amines) is 1. The third kappa shape index (κ3) is 3.33. The summed E-state index contributed by atoms with van der Waals surface area (Å²) in [7, 11) is 0. The zero-order valence-electron chi connectivity index (χ0n) is 13.7. The molecule has 2 fully saturated rings. The van der Waals surface area contributed by atoms with Crippen LogP contribution >= 0.6 is 0 Å². The van der Waals surface area contributed by atoms with Gasteiger partial charge >= 0.3 is 12.1 Å². The molecule has 1 heterocycles. The van der Waals surface area contributed by atoms with E-state index >= 15 is 0 Å². The van der Waals surface area contributed by atoms with Crippen molar-refractivity contribution in [2.24, 2.45) is 23.2 Å². The van der Waals surface area contributed by atoms with Crippen LogP contribution in [0.25, 0.3) is 0 Å². The molecule has 1 saturated carbocycles. The Morgan fingerprint density at radius 3 is 2.38 bits per heavy atom. The van der Waals surface area contributed by atoms with Crippen LogP contribution in [0.3, 0.4) is 0 Å². The Balaban J connectivity index is 1.99. The van der Waals surface area contributed by atoms with Gasteiger partial charge in [-0.3, -0.25) is 4.79 Å². The summed E-state index contributed by atoms with van der Waals surface area (Å²) in [6.45, 7) is 10.9. The number of carboxylic acids is 1. The average Bonchev–Trinajstić information content (AvgIpc) is 2.90. The summed E-state index contributed by atoms with van der Waals surface area (Å²) in [6, 6.07) is 0. The van der Waals surface area contributed by atoms with Crippen LogP contribution in [0.5, 0.6) is 0 Å². The number of amides is 1. The van der Waals surface area contributed by atoms with E-state index in [9.17, 15) is 14.7 Å². The normalized spacial score (nSPS) is 31.7. The van der Waals surface area contributed by atoms with Crippen molar-refractivity contribution in [1.82, 2.24) is 4.90 Å². The van der Waals surface area contributed by atoms with E-state index < -0.39 is 11.6 Å². The monoisotopic (exact) mass is 297 g/mol. The molecule has 0 aromatic carbocycles. The molecule has 1 saturated heterocycles. The van der Waals surface area contributed by atoms with Crippen molar-refractivity contribution >= 4 is 12.1 Å². The Kier molecular flexibility index (Phi) is 3.98. The lowest BCUT2D eigenvalue weighted by Gasteiger charge is -2.34. The minimum Gasteiger partial charge on any atom is -0.481 e. The maximum atomic E-state index is 12.2. The first-order valence-corrected chi connectivity index (χ1v) is 7.75. The first-order chi connectivity index (χ1) is 9.54. The molecule has 0 bridgehead atoms. The zero-order valence-corrected chi connectivity index (χ0v) is 13.7. The maximum absolute atomic E-state index is 12.2. The third-order valence-corrected chi connectivity index (χ3v) is 4.79. The number of carboxylic acid groups (broad SMARTS) is 1. The molecule has 3 atom stereocenters. The second-order valence-corrected chi connectivity index (χ2v) is 7.99. The number of hydrogen-bond acceptors (Lipinski definition) is 3. The van der Waals surface area contributed by atoms with E-state index in [-0.39, 0.29) is 29.3 Å². The zero-order chi connectivity index (χ0) is 16.0. The van der Waals surface area contributed by atoms with E-state index in [1.165, 1.54) is 0 Å². The molecular formula is C16H27NO4. The molecule has 0 aromatic heterocycles. The quantitative estimate of drug-likeness (QED) is 0.851. The number of rotatable bonds is 2.